The lowest BCUT2D eigenvalue weighted by Crippen LogP contribution is -2.46. The predicted molar refractivity (Wildman–Crippen MR) is 120 cm³/mol. The number of methoxy groups -OCH3 is 1. The number of rotatable bonds is 8. The van der Waals surface area contributed by atoms with E-state index in [4.69, 9.17) is 4.74 Å². The molecule has 1 unspecified atom stereocenters. The minimum absolute atomic E-state index is 0.0134. The summed E-state index contributed by atoms with van der Waals surface area (Å²) in [6, 6.07) is 7.91. The topological polar surface area (TPSA) is 83.8 Å². The summed E-state index contributed by atoms with van der Waals surface area (Å²) in [5.74, 6) is 1.40. The van der Waals surface area contributed by atoms with E-state index in [1.54, 1.807) is 26.1 Å². The van der Waals surface area contributed by atoms with Crippen molar-refractivity contribution in [3.8, 4) is 5.75 Å². The number of hydrogen-bond donors (Lipinski definition) is 2. The van der Waals surface area contributed by atoms with Gasteiger partial charge in [0.1, 0.15) is 5.75 Å². The van der Waals surface area contributed by atoms with Crippen LogP contribution in [0.15, 0.2) is 29.3 Å². The fourth-order valence-corrected chi connectivity index (χ4v) is 3.07. The van der Waals surface area contributed by atoms with E-state index in [1.165, 1.54) is 5.56 Å². The maximum absolute atomic E-state index is 12.0. The van der Waals surface area contributed by atoms with Crippen LogP contribution in [0, 0.1) is 13.8 Å². The number of guanidine groups is 1. The lowest BCUT2D eigenvalue weighted by Gasteiger charge is -2.19. The Morgan fingerprint density at radius 3 is 2.47 bits per heavy atom. The summed E-state index contributed by atoms with van der Waals surface area (Å²) >= 11 is 0. The number of aromatic nitrogens is 2. The number of aryl methyl sites for hydroxylation is 2. The molecule has 0 fully saturated rings. The molecule has 2 aromatic rings. The summed E-state index contributed by atoms with van der Waals surface area (Å²) in [7, 11) is 7.08. The lowest BCUT2D eigenvalue weighted by atomic mass is 10.1. The van der Waals surface area contributed by atoms with Gasteiger partial charge in [-0.15, -0.1) is 0 Å². The molecular formula is C22H34N6O2. The van der Waals surface area contributed by atoms with Crippen LogP contribution >= 0.6 is 0 Å². The second kappa shape index (κ2) is 10.7. The van der Waals surface area contributed by atoms with Crippen LogP contribution in [0.4, 0.5) is 0 Å². The minimum Gasteiger partial charge on any atom is -0.497 e. The minimum atomic E-state index is -0.0134. The molecule has 0 aliphatic rings. The van der Waals surface area contributed by atoms with Gasteiger partial charge in [0.2, 0.25) is 5.91 Å². The number of nitrogens with zero attached hydrogens (tertiary/aromatic N) is 4. The molecule has 8 heteroatoms. The molecule has 1 heterocycles. The molecule has 1 aromatic heterocycles. The number of nitrogens with one attached hydrogen (secondary N) is 2. The molecule has 0 aliphatic heterocycles. The van der Waals surface area contributed by atoms with Crippen LogP contribution in [0.3, 0.4) is 0 Å². The Hall–Kier alpha value is -3.03. The van der Waals surface area contributed by atoms with Gasteiger partial charge in [-0.2, -0.15) is 5.10 Å². The normalized spacial score (nSPS) is 12.4. The molecule has 2 N–H and O–H groups in total. The lowest BCUT2D eigenvalue weighted by molar-refractivity contribution is -0.127. The van der Waals surface area contributed by atoms with Gasteiger partial charge in [0.25, 0.3) is 0 Å². The standard InChI is InChI=1S/C22H34N6O2/c1-15(12-20-16(2)26-28(6)17(20)3)25-22(24-14-21(29)27(4)5)23-13-18-8-10-19(30-7)11-9-18/h8-11,15H,12-14H2,1-7H3,(H2,23,24,25). The Labute approximate surface area is 179 Å². The Morgan fingerprint density at radius 1 is 1.27 bits per heavy atom. The smallest absolute Gasteiger partial charge is 0.241 e. The van der Waals surface area contributed by atoms with E-state index < -0.39 is 0 Å². The highest BCUT2D eigenvalue weighted by atomic mass is 16.5. The first kappa shape index (κ1) is 23.3. The number of aliphatic imine (C=N–C) groups is 1. The number of carbonyl (C=O) groups excluding carboxylic acids is 1. The maximum atomic E-state index is 12.0. The first-order chi connectivity index (χ1) is 14.2. The van der Waals surface area contributed by atoms with E-state index in [0.717, 1.165) is 29.1 Å². The van der Waals surface area contributed by atoms with Crippen LogP contribution in [0.25, 0.3) is 0 Å². The van der Waals surface area contributed by atoms with Gasteiger partial charge in [0.05, 0.1) is 25.9 Å². The first-order valence-electron chi connectivity index (χ1n) is 10.1. The summed E-state index contributed by atoms with van der Waals surface area (Å²) in [6.45, 7) is 6.88. The van der Waals surface area contributed by atoms with E-state index in [-0.39, 0.29) is 18.5 Å². The van der Waals surface area contributed by atoms with Crippen molar-refractivity contribution in [3.63, 3.8) is 0 Å². The molecule has 0 saturated heterocycles. The SMILES string of the molecule is COc1ccc(CN=C(NCC(=O)N(C)C)NC(C)Cc2c(C)nn(C)c2C)cc1. The zero-order valence-electron chi connectivity index (χ0n) is 19.1. The van der Waals surface area contributed by atoms with Crippen molar-refractivity contribution in [3.05, 3.63) is 46.8 Å². The number of likely N-dealkylation sites (N-methyl/N-ethyl adjacent to an activating group) is 1. The number of ether oxygens (including phenoxy) is 1. The van der Waals surface area contributed by atoms with Gasteiger partial charge in [0.15, 0.2) is 5.96 Å². The maximum Gasteiger partial charge on any atom is 0.241 e. The molecule has 0 spiro atoms. The zero-order valence-corrected chi connectivity index (χ0v) is 19.1. The average molecular weight is 415 g/mol. The summed E-state index contributed by atoms with van der Waals surface area (Å²) in [6.07, 6.45) is 0.816. The highest BCUT2D eigenvalue weighted by Gasteiger charge is 2.15. The van der Waals surface area contributed by atoms with Crippen molar-refractivity contribution < 1.29 is 9.53 Å². The molecule has 1 aromatic carbocycles. The van der Waals surface area contributed by atoms with Crippen molar-refractivity contribution in [2.45, 2.75) is 39.8 Å². The van der Waals surface area contributed by atoms with Crippen molar-refractivity contribution in [1.29, 1.82) is 0 Å². The monoisotopic (exact) mass is 414 g/mol. The fraction of sp³-hybridized carbons (Fsp3) is 0.500. The van der Waals surface area contributed by atoms with E-state index in [2.05, 4.69) is 34.6 Å². The molecule has 0 saturated carbocycles. The van der Waals surface area contributed by atoms with Crippen LogP contribution < -0.4 is 15.4 Å². The van der Waals surface area contributed by atoms with Gasteiger partial charge < -0.3 is 20.3 Å². The van der Waals surface area contributed by atoms with Gasteiger partial charge >= 0.3 is 0 Å². The second-order valence-corrected chi connectivity index (χ2v) is 7.68. The van der Waals surface area contributed by atoms with Crippen molar-refractivity contribution in [1.82, 2.24) is 25.3 Å². The molecule has 0 bridgehead atoms. The molecular weight excluding hydrogens is 380 g/mol. The molecule has 1 amide bonds. The Morgan fingerprint density at radius 2 is 1.93 bits per heavy atom. The van der Waals surface area contributed by atoms with Crippen LogP contribution in [0.2, 0.25) is 0 Å². The molecule has 0 aliphatic carbocycles. The summed E-state index contributed by atoms with van der Waals surface area (Å²) in [5, 5.41) is 11.1. The van der Waals surface area contributed by atoms with E-state index in [9.17, 15) is 4.79 Å². The van der Waals surface area contributed by atoms with Gasteiger partial charge in [-0.3, -0.25) is 9.48 Å². The van der Waals surface area contributed by atoms with Crippen LogP contribution in [-0.2, 0) is 24.8 Å². The summed E-state index contributed by atoms with van der Waals surface area (Å²) in [5.41, 5.74) is 4.49. The van der Waals surface area contributed by atoms with E-state index >= 15 is 0 Å². The highest BCUT2D eigenvalue weighted by molar-refractivity contribution is 5.86. The van der Waals surface area contributed by atoms with Crippen LogP contribution in [0.5, 0.6) is 5.75 Å². The Bertz CT molecular complexity index is 870. The predicted octanol–water partition coefficient (Wildman–Crippen LogP) is 1.80. The summed E-state index contributed by atoms with van der Waals surface area (Å²) in [4.78, 5) is 18.2. The summed E-state index contributed by atoms with van der Waals surface area (Å²) < 4.78 is 7.11. The molecule has 1 atom stereocenters. The van der Waals surface area contributed by atoms with Gasteiger partial charge in [-0.1, -0.05) is 12.1 Å². The number of benzene rings is 1. The Balaban J connectivity index is 2.09. The van der Waals surface area contributed by atoms with Gasteiger partial charge in [-0.05, 0) is 50.5 Å². The zero-order chi connectivity index (χ0) is 22.3. The average Bonchev–Trinajstić information content (AvgIpc) is 2.95. The van der Waals surface area contributed by atoms with Crippen LogP contribution in [-0.4, -0.2) is 60.3 Å². The molecule has 8 nitrogen and oxygen atoms in total. The third kappa shape index (κ3) is 6.50. The third-order valence-electron chi connectivity index (χ3n) is 5.04. The fourth-order valence-electron chi connectivity index (χ4n) is 3.07. The molecule has 30 heavy (non-hydrogen) atoms. The van der Waals surface area contributed by atoms with Gasteiger partial charge in [0, 0.05) is 32.9 Å². The molecule has 164 valence electrons. The number of hydrogen-bond acceptors (Lipinski definition) is 4. The van der Waals surface area contributed by atoms with Crippen LogP contribution in [0.1, 0.15) is 29.4 Å². The van der Waals surface area contributed by atoms with E-state index in [0.29, 0.717) is 12.5 Å². The Kier molecular flexibility index (Phi) is 8.26. The third-order valence-corrected chi connectivity index (χ3v) is 5.04. The second-order valence-electron chi connectivity index (χ2n) is 7.68. The quantitative estimate of drug-likeness (QED) is 0.508. The van der Waals surface area contributed by atoms with Crippen molar-refractivity contribution >= 4 is 11.9 Å². The van der Waals surface area contributed by atoms with Crippen molar-refractivity contribution in [2.24, 2.45) is 12.0 Å². The highest BCUT2D eigenvalue weighted by Crippen LogP contribution is 2.14. The largest absolute Gasteiger partial charge is 0.497 e. The molecule has 0 radical (unpaired) electrons. The first-order valence-corrected chi connectivity index (χ1v) is 10.1. The van der Waals surface area contributed by atoms with Crippen molar-refractivity contribution in [2.75, 3.05) is 27.7 Å². The number of carbonyl (C=O) groups is 1. The van der Waals surface area contributed by atoms with Gasteiger partial charge in [-0.25, -0.2) is 4.99 Å². The number of amides is 1. The molecule has 2 rings (SSSR count). The van der Waals surface area contributed by atoms with E-state index in [1.807, 2.05) is 42.9 Å².